The van der Waals surface area contributed by atoms with Crippen LogP contribution >= 0.6 is 0 Å². The number of aromatic nitrogens is 2. The Balaban J connectivity index is 1.92. The van der Waals surface area contributed by atoms with E-state index in [0.29, 0.717) is 11.9 Å². The SMILES string of the molecule is CNC(CCc1nccnc1OC)C1CC1. The van der Waals surface area contributed by atoms with E-state index in [2.05, 4.69) is 15.3 Å². The number of nitrogens with zero attached hydrogens (tertiary/aromatic N) is 2. The van der Waals surface area contributed by atoms with Gasteiger partial charge in [0.25, 0.3) is 0 Å². The summed E-state index contributed by atoms with van der Waals surface area (Å²) in [4.78, 5) is 8.48. The Labute approximate surface area is 96.4 Å². The van der Waals surface area contributed by atoms with Gasteiger partial charge in [-0.25, -0.2) is 4.98 Å². The summed E-state index contributed by atoms with van der Waals surface area (Å²) in [5.74, 6) is 1.53. The lowest BCUT2D eigenvalue weighted by molar-refractivity contribution is 0.384. The fourth-order valence-corrected chi connectivity index (χ4v) is 2.10. The van der Waals surface area contributed by atoms with Crippen molar-refractivity contribution in [3.8, 4) is 5.88 Å². The molecule has 0 bridgehead atoms. The molecule has 1 unspecified atom stereocenters. The van der Waals surface area contributed by atoms with Gasteiger partial charge in [-0.3, -0.25) is 4.98 Å². The lowest BCUT2D eigenvalue weighted by Crippen LogP contribution is -2.28. The van der Waals surface area contributed by atoms with Gasteiger partial charge in [0.15, 0.2) is 0 Å². The van der Waals surface area contributed by atoms with Crippen LogP contribution in [0.25, 0.3) is 0 Å². The molecular formula is C12H19N3O. The largest absolute Gasteiger partial charge is 0.480 e. The van der Waals surface area contributed by atoms with E-state index in [1.54, 1.807) is 19.5 Å². The monoisotopic (exact) mass is 221 g/mol. The molecule has 1 heterocycles. The van der Waals surface area contributed by atoms with Crippen LogP contribution in [0.4, 0.5) is 0 Å². The Hall–Kier alpha value is -1.16. The highest BCUT2D eigenvalue weighted by molar-refractivity contribution is 5.17. The molecule has 1 fully saturated rings. The Bertz CT molecular complexity index is 339. The van der Waals surface area contributed by atoms with Crippen LogP contribution in [-0.2, 0) is 6.42 Å². The first kappa shape index (κ1) is 11.3. The summed E-state index contributed by atoms with van der Waals surface area (Å²) in [6.07, 6.45) is 8.16. The van der Waals surface area contributed by atoms with Crippen molar-refractivity contribution in [2.75, 3.05) is 14.2 Å². The summed E-state index contributed by atoms with van der Waals surface area (Å²) in [6, 6.07) is 0.617. The molecule has 0 amide bonds. The standard InChI is InChI=1S/C12H19N3O/c1-13-10(9-3-4-9)5-6-11-12(16-2)15-8-7-14-11/h7-10,13H,3-6H2,1-2H3. The number of rotatable bonds is 6. The second-order valence-corrected chi connectivity index (χ2v) is 4.28. The van der Waals surface area contributed by atoms with Gasteiger partial charge < -0.3 is 10.1 Å². The van der Waals surface area contributed by atoms with E-state index in [9.17, 15) is 0 Å². The minimum atomic E-state index is 0.617. The highest BCUT2D eigenvalue weighted by atomic mass is 16.5. The lowest BCUT2D eigenvalue weighted by atomic mass is 10.1. The molecule has 16 heavy (non-hydrogen) atoms. The van der Waals surface area contributed by atoms with Crippen LogP contribution < -0.4 is 10.1 Å². The molecular weight excluding hydrogens is 202 g/mol. The molecule has 0 spiro atoms. The van der Waals surface area contributed by atoms with Crippen molar-refractivity contribution in [3.05, 3.63) is 18.1 Å². The molecule has 4 nitrogen and oxygen atoms in total. The fraction of sp³-hybridized carbons (Fsp3) is 0.667. The van der Waals surface area contributed by atoms with E-state index in [-0.39, 0.29) is 0 Å². The summed E-state index contributed by atoms with van der Waals surface area (Å²) < 4.78 is 5.19. The number of nitrogens with one attached hydrogen (secondary N) is 1. The van der Waals surface area contributed by atoms with Crippen molar-refractivity contribution < 1.29 is 4.74 Å². The summed E-state index contributed by atoms with van der Waals surface area (Å²) in [5, 5.41) is 3.38. The molecule has 0 aliphatic heterocycles. The zero-order valence-electron chi connectivity index (χ0n) is 9.94. The molecule has 0 saturated heterocycles. The van der Waals surface area contributed by atoms with E-state index in [1.807, 2.05) is 7.05 Å². The minimum absolute atomic E-state index is 0.617. The quantitative estimate of drug-likeness (QED) is 0.789. The summed E-state index contributed by atoms with van der Waals surface area (Å²) in [5.41, 5.74) is 0.964. The van der Waals surface area contributed by atoms with Gasteiger partial charge in [0.05, 0.1) is 7.11 Å². The predicted octanol–water partition coefficient (Wildman–Crippen LogP) is 1.42. The van der Waals surface area contributed by atoms with E-state index in [4.69, 9.17) is 4.74 Å². The smallest absolute Gasteiger partial charge is 0.235 e. The van der Waals surface area contributed by atoms with E-state index < -0.39 is 0 Å². The van der Waals surface area contributed by atoms with Gasteiger partial charge in [-0.15, -0.1) is 0 Å². The summed E-state index contributed by atoms with van der Waals surface area (Å²) >= 11 is 0. The fourth-order valence-electron chi connectivity index (χ4n) is 2.10. The highest BCUT2D eigenvalue weighted by Gasteiger charge is 2.29. The van der Waals surface area contributed by atoms with Gasteiger partial charge in [0.2, 0.25) is 5.88 Å². The topological polar surface area (TPSA) is 47.0 Å². The first-order chi connectivity index (χ1) is 7.85. The Morgan fingerprint density at radius 1 is 1.44 bits per heavy atom. The van der Waals surface area contributed by atoms with Crippen molar-refractivity contribution in [1.29, 1.82) is 0 Å². The van der Waals surface area contributed by atoms with Gasteiger partial charge in [-0.1, -0.05) is 0 Å². The van der Waals surface area contributed by atoms with E-state index in [0.717, 1.165) is 24.5 Å². The molecule has 1 aromatic rings. The Morgan fingerprint density at radius 2 is 2.19 bits per heavy atom. The molecule has 0 radical (unpaired) electrons. The van der Waals surface area contributed by atoms with Gasteiger partial charge in [0.1, 0.15) is 5.69 Å². The van der Waals surface area contributed by atoms with Crippen molar-refractivity contribution in [3.63, 3.8) is 0 Å². The molecule has 1 aliphatic carbocycles. The van der Waals surface area contributed by atoms with E-state index >= 15 is 0 Å². The number of hydrogen-bond donors (Lipinski definition) is 1. The van der Waals surface area contributed by atoms with Crippen molar-refractivity contribution in [2.24, 2.45) is 5.92 Å². The number of hydrogen-bond acceptors (Lipinski definition) is 4. The van der Waals surface area contributed by atoms with Gasteiger partial charge >= 0.3 is 0 Å². The van der Waals surface area contributed by atoms with Crippen LogP contribution in [0.2, 0.25) is 0 Å². The van der Waals surface area contributed by atoms with Crippen LogP contribution in [-0.4, -0.2) is 30.2 Å². The second-order valence-electron chi connectivity index (χ2n) is 4.28. The lowest BCUT2D eigenvalue weighted by Gasteiger charge is -2.15. The molecule has 1 saturated carbocycles. The van der Waals surface area contributed by atoms with Crippen LogP contribution in [0.15, 0.2) is 12.4 Å². The molecule has 1 aromatic heterocycles. The van der Waals surface area contributed by atoms with Crippen LogP contribution in [0, 0.1) is 5.92 Å². The third-order valence-corrected chi connectivity index (χ3v) is 3.18. The van der Waals surface area contributed by atoms with Crippen molar-refractivity contribution in [2.45, 2.75) is 31.7 Å². The maximum atomic E-state index is 5.19. The Morgan fingerprint density at radius 3 is 2.81 bits per heavy atom. The van der Waals surface area contributed by atoms with Crippen LogP contribution in [0.1, 0.15) is 25.0 Å². The average Bonchev–Trinajstić information content (AvgIpc) is 3.15. The minimum Gasteiger partial charge on any atom is -0.480 e. The second kappa shape index (κ2) is 5.25. The molecule has 88 valence electrons. The third-order valence-electron chi connectivity index (χ3n) is 3.18. The van der Waals surface area contributed by atoms with Crippen molar-refractivity contribution >= 4 is 0 Å². The molecule has 1 N–H and O–H groups in total. The van der Waals surface area contributed by atoms with Crippen molar-refractivity contribution in [1.82, 2.24) is 15.3 Å². The first-order valence-electron chi connectivity index (χ1n) is 5.86. The van der Waals surface area contributed by atoms with Crippen LogP contribution in [0.5, 0.6) is 5.88 Å². The first-order valence-corrected chi connectivity index (χ1v) is 5.86. The van der Waals surface area contributed by atoms with E-state index in [1.165, 1.54) is 12.8 Å². The normalized spacial score (nSPS) is 17.1. The molecule has 4 heteroatoms. The number of methoxy groups -OCH3 is 1. The van der Waals surface area contributed by atoms with Gasteiger partial charge in [0, 0.05) is 18.4 Å². The van der Waals surface area contributed by atoms with Crippen LogP contribution in [0.3, 0.4) is 0 Å². The average molecular weight is 221 g/mol. The zero-order valence-corrected chi connectivity index (χ0v) is 9.94. The zero-order chi connectivity index (χ0) is 11.4. The Kier molecular flexibility index (Phi) is 3.72. The van der Waals surface area contributed by atoms with Gasteiger partial charge in [-0.05, 0) is 38.6 Å². The molecule has 2 rings (SSSR count). The molecule has 0 aromatic carbocycles. The third kappa shape index (κ3) is 2.70. The summed E-state index contributed by atoms with van der Waals surface area (Å²) in [7, 11) is 3.68. The highest BCUT2D eigenvalue weighted by Crippen LogP contribution is 2.34. The predicted molar refractivity (Wildman–Crippen MR) is 62.5 cm³/mol. The number of aryl methyl sites for hydroxylation is 1. The maximum absolute atomic E-state index is 5.19. The summed E-state index contributed by atoms with van der Waals surface area (Å²) in [6.45, 7) is 0. The van der Waals surface area contributed by atoms with Gasteiger partial charge in [-0.2, -0.15) is 0 Å². The maximum Gasteiger partial charge on any atom is 0.235 e. The number of ether oxygens (including phenoxy) is 1. The molecule has 1 atom stereocenters. The molecule has 1 aliphatic rings.